The molecule has 0 radical (unpaired) electrons. The van der Waals surface area contributed by atoms with Crippen LogP contribution in [0, 0.1) is 5.92 Å². The maximum absolute atomic E-state index is 13.6. The number of pyridine rings is 1. The van der Waals surface area contributed by atoms with E-state index in [4.69, 9.17) is 16.3 Å². The standard InChI is InChI=1S/C26H28ClF2N5O3/c1-30-23(35)15-37-22-12-18-10-17(4-5-21(18)34(24(22)36)14-16-2-3-16)11-20-19(27)13-31-25(32-20)33-8-6-26(28,29)7-9-33/h4-5,10,12-13,16H,2-3,6-9,11,14-15H2,1H3,(H,30,35). The fourth-order valence-electron chi connectivity index (χ4n) is 4.47. The lowest BCUT2D eigenvalue weighted by atomic mass is 10.1. The van der Waals surface area contributed by atoms with Crippen molar-refractivity contribution in [3.63, 3.8) is 0 Å². The highest BCUT2D eigenvalue weighted by molar-refractivity contribution is 6.31. The molecule has 1 aromatic carbocycles. The van der Waals surface area contributed by atoms with Gasteiger partial charge in [0.15, 0.2) is 12.4 Å². The van der Waals surface area contributed by atoms with Gasteiger partial charge in [-0.05, 0) is 42.5 Å². The summed E-state index contributed by atoms with van der Waals surface area (Å²) in [5.74, 6) is -2.01. The minimum atomic E-state index is -2.65. The molecular weight excluding hydrogens is 504 g/mol. The third-order valence-corrected chi connectivity index (χ3v) is 7.17. The van der Waals surface area contributed by atoms with Crippen LogP contribution in [0.5, 0.6) is 5.75 Å². The summed E-state index contributed by atoms with van der Waals surface area (Å²) in [5, 5.41) is 3.67. The molecule has 3 heterocycles. The van der Waals surface area contributed by atoms with Crippen LogP contribution in [-0.4, -0.2) is 53.1 Å². The number of ether oxygens (including phenoxy) is 1. The molecule has 1 aliphatic carbocycles. The number of nitrogens with zero attached hydrogens (tertiary/aromatic N) is 4. The number of halogens is 3. The van der Waals surface area contributed by atoms with Gasteiger partial charge in [-0.25, -0.2) is 18.7 Å². The van der Waals surface area contributed by atoms with E-state index < -0.39 is 5.92 Å². The minimum absolute atomic E-state index is 0.123. The number of carbonyl (C=O) groups excluding carboxylic acids is 1. The summed E-state index contributed by atoms with van der Waals surface area (Å²) in [6.45, 7) is 0.715. The van der Waals surface area contributed by atoms with Crippen molar-refractivity contribution < 1.29 is 18.3 Å². The number of hydrogen-bond donors (Lipinski definition) is 1. The Balaban J connectivity index is 1.44. The Morgan fingerprint density at radius 3 is 2.70 bits per heavy atom. The molecule has 1 aliphatic heterocycles. The van der Waals surface area contributed by atoms with Crippen molar-refractivity contribution in [2.75, 3.05) is 31.6 Å². The Morgan fingerprint density at radius 1 is 1.24 bits per heavy atom. The first kappa shape index (κ1) is 25.4. The zero-order chi connectivity index (χ0) is 26.2. The first-order chi connectivity index (χ1) is 17.7. The largest absolute Gasteiger partial charge is 0.478 e. The van der Waals surface area contributed by atoms with Crippen molar-refractivity contribution in [1.29, 1.82) is 0 Å². The Kier molecular flexibility index (Phi) is 7.02. The number of piperidine rings is 1. The molecule has 5 rings (SSSR count). The average molecular weight is 532 g/mol. The van der Waals surface area contributed by atoms with Crippen LogP contribution in [0.25, 0.3) is 10.9 Å². The normalized spacial score (nSPS) is 17.1. The predicted octanol–water partition coefficient (Wildman–Crippen LogP) is 3.81. The quantitative estimate of drug-likeness (QED) is 0.475. The summed E-state index contributed by atoms with van der Waals surface area (Å²) in [6, 6.07) is 7.44. The van der Waals surface area contributed by atoms with Crippen molar-refractivity contribution >= 4 is 34.4 Å². The van der Waals surface area contributed by atoms with Crippen LogP contribution in [-0.2, 0) is 17.8 Å². The number of anilines is 1. The highest BCUT2D eigenvalue weighted by Crippen LogP contribution is 2.32. The molecule has 0 unspecified atom stereocenters. The fourth-order valence-corrected chi connectivity index (χ4v) is 4.63. The van der Waals surface area contributed by atoms with Crippen molar-refractivity contribution in [1.82, 2.24) is 19.9 Å². The molecule has 196 valence electrons. The summed E-state index contributed by atoms with van der Waals surface area (Å²) < 4.78 is 34.4. The molecule has 2 fully saturated rings. The molecule has 11 heteroatoms. The van der Waals surface area contributed by atoms with E-state index in [0.717, 1.165) is 29.3 Å². The van der Waals surface area contributed by atoms with Crippen molar-refractivity contribution in [2.24, 2.45) is 5.92 Å². The summed E-state index contributed by atoms with van der Waals surface area (Å²) >= 11 is 6.40. The van der Waals surface area contributed by atoms with E-state index in [2.05, 4.69) is 15.3 Å². The van der Waals surface area contributed by atoms with Crippen LogP contribution in [0.15, 0.2) is 35.3 Å². The smallest absolute Gasteiger partial charge is 0.293 e. The van der Waals surface area contributed by atoms with Crippen LogP contribution in [0.2, 0.25) is 5.02 Å². The molecule has 0 spiro atoms. The number of aromatic nitrogens is 3. The van der Waals surface area contributed by atoms with Gasteiger partial charge in [0, 0.05) is 51.3 Å². The number of fused-ring (bicyclic) bond motifs is 1. The number of alkyl halides is 2. The maximum atomic E-state index is 13.6. The summed E-state index contributed by atoms with van der Waals surface area (Å²) in [6.07, 6.45) is 3.60. The highest BCUT2D eigenvalue weighted by Gasteiger charge is 2.35. The van der Waals surface area contributed by atoms with Gasteiger partial charge in [0.05, 0.1) is 22.4 Å². The zero-order valence-electron chi connectivity index (χ0n) is 20.5. The predicted molar refractivity (Wildman–Crippen MR) is 137 cm³/mol. The van der Waals surface area contributed by atoms with Gasteiger partial charge in [-0.2, -0.15) is 0 Å². The molecule has 1 N–H and O–H groups in total. The minimum Gasteiger partial charge on any atom is -0.478 e. The van der Waals surface area contributed by atoms with Gasteiger partial charge in [-0.15, -0.1) is 0 Å². The van der Waals surface area contributed by atoms with Crippen molar-refractivity contribution in [3.8, 4) is 5.75 Å². The number of likely N-dealkylation sites (N-methyl/N-ethyl adjacent to an activating group) is 1. The molecule has 0 atom stereocenters. The van der Waals surface area contributed by atoms with Gasteiger partial charge >= 0.3 is 0 Å². The van der Waals surface area contributed by atoms with Gasteiger partial charge in [-0.1, -0.05) is 17.7 Å². The summed E-state index contributed by atoms with van der Waals surface area (Å²) in [4.78, 5) is 35.4. The van der Waals surface area contributed by atoms with Gasteiger partial charge < -0.3 is 19.5 Å². The van der Waals surface area contributed by atoms with Crippen LogP contribution in [0.1, 0.15) is 36.9 Å². The molecule has 8 nitrogen and oxygen atoms in total. The second kappa shape index (κ2) is 10.2. The van der Waals surface area contributed by atoms with E-state index in [1.165, 1.54) is 13.2 Å². The Bertz CT molecular complexity index is 1380. The van der Waals surface area contributed by atoms with E-state index in [0.29, 0.717) is 35.5 Å². The van der Waals surface area contributed by atoms with E-state index >= 15 is 0 Å². The van der Waals surface area contributed by atoms with Crippen molar-refractivity contribution in [3.05, 3.63) is 57.1 Å². The number of hydrogen-bond acceptors (Lipinski definition) is 6. The first-order valence-electron chi connectivity index (χ1n) is 12.4. The van der Waals surface area contributed by atoms with E-state index in [-0.39, 0.29) is 49.8 Å². The number of carbonyl (C=O) groups is 1. The van der Waals surface area contributed by atoms with Crippen LogP contribution in [0.3, 0.4) is 0 Å². The molecule has 1 amide bonds. The lowest BCUT2D eigenvalue weighted by Gasteiger charge is -2.31. The molecule has 1 saturated carbocycles. The average Bonchev–Trinajstić information content (AvgIpc) is 3.70. The molecule has 2 aliphatic rings. The summed E-state index contributed by atoms with van der Waals surface area (Å²) in [7, 11) is 1.51. The number of nitrogens with one attached hydrogen (secondary N) is 1. The van der Waals surface area contributed by atoms with Gasteiger partial charge in [0.25, 0.3) is 17.4 Å². The van der Waals surface area contributed by atoms with Crippen LogP contribution in [0.4, 0.5) is 14.7 Å². The number of benzene rings is 1. The second-order valence-corrected chi connectivity index (χ2v) is 10.1. The van der Waals surface area contributed by atoms with E-state index in [1.54, 1.807) is 15.5 Å². The Morgan fingerprint density at radius 2 is 2.00 bits per heavy atom. The third-order valence-electron chi connectivity index (χ3n) is 6.85. The van der Waals surface area contributed by atoms with E-state index in [9.17, 15) is 18.4 Å². The maximum Gasteiger partial charge on any atom is 0.293 e. The van der Waals surface area contributed by atoms with Gasteiger partial charge in [-0.3, -0.25) is 9.59 Å². The Labute approximate surface area is 217 Å². The molecule has 1 saturated heterocycles. The monoisotopic (exact) mass is 531 g/mol. The highest BCUT2D eigenvalue weighted by atomic mass is 35.5. The van der Waals surface area contributed by atoms with E-state index in [1.807, 2.05) is 18.2 Å². The second-order valence-electron chi connectivity index (χ2n) is 9.71. The first-order valence-corrected chi connectivity index (χ1v) is 12.7. The van der Waals surface area contributed by atoms with Crippen LogP contribution < -0.4 is 20.5 Å². The number of rotatable bonds is 8. The molecule has 0 bridgehead atoms. The zero-order valence-corrected chi connectivity index (χ0v) is 21.2. The van der Waals surface area contributed by atoms with Crippen LogP contribution >= 0.6 is 11.6 Å². The molecule has 3 aromatic rings. The fraction of sp³-hybridized carbons (Fsp3) is 0.462. The molecular formula is C26H28ClF2N5O3. The number of amides is 1. The van der Waals surface area contributed by atoms with Crippen molar-refractivity contribution in [2.45, 2.75) is 44.6 Å². The molecule has 37 heavy (non-hydrogen) atoms. The molecule has 2 aromatic heterocycles. The lowest BCUT2D eigenvalue weighted by molar-refractivity contribution is -0.122. The van der Waals surface area contributed by atoms with Gasteiger partial charge in [0.2, 0.25) is 5.95 Å². The lowest BCUT2D eigenvalue weighted by Crippen LogP contribution is -2.40. The SMILES string of the molecule is CNC(=O)COc1cc2cc(Cc3nc(N4CCC(F)(F)CC4)ncc3Cl)ccc2n(CC2CC2)c1=O. The topological polar surface area (TPSA) is 89.3 Å². The third kappa shape index (κ3) is 5.84. The summed E-state index contributed by atoms with van der Waals surface area (Å²) in [5.41, 5.74) is 2.02. The van der Waals surface area contributed by atoms with Gasteiger partial charge in [0.1, 0.15) is 0 Å². The Hall–Kier alpha value is -3.27.